The van der Waals surface area contributed by atoms with E-state index in [-0.39, 0.29) is 12.5 Å². The van der Waals surface area contributed by atoms with Crippen molar-refractivity contribution in [3.63, 3.8) is 0 Å². The molecule has 0 fully saturated rings. The van der Waals surface area contributed by atoms with Gasteiger partial charge in [-0.1, -0.05) is 66.7 Å². The van der Waals surface area contributed by atoms with Gasteiger partial charge >= 0.3 is 12.1 Å². The molecule has 1 unspecified atom stereocenters. The fourth-order valence-electron chi connectivity index (χ4n) is 5.16. The highest BCUT2D eigenvalue weighted by atomic mass is 16.5. The van der Waals surface area contributed by atoms with Gasteiger partial charge in [-0.3, -0.25) is 0 Å². The molecule has 2 aliphatic rings. The molecule has 1 heterocycles. The maximum absolute atomic E-state index is 12.5. The summed E-state index contributed by atoms with van der Waals surface area (Å²) < 4.78 is 5.52. The molecule has 0 bridgehead atoms. The van der Waals surface area contributed by atoms with Gasteiger partial charge in [0.15, 0.2) is 0 Å². The smallest absolute Gasteiger partial charge is 0.407 e. The number of carboxylic acid groups (broad SMARTS) is 1. The highest BCUT2D eigenvalue weighted by Gasteiger charge is 2.30. The van der Waals surface area contributed by atoms with Crippen LogP contribution >= 0.6 is 0 Å². The van der Waals surface area contributed by atoms with E-state index in [4.69, 9.17) is 4.74 Å². The van der Waals surface area contributed by atoms with Crippen LogP contribution in [-0.2, 0) is 16.0 Å². The summed E-state index contributed by atoms with van der Waals surface area (Å²) in [6, 6.07) is 23.6. The molecule has 1 atom stereocenters. The first-order valence-corrected chi connectivity index (χ1v) is 11.8. The number of amides is 1. The van der Waals surface area contributed by atoms with Crippen molar-refractivity contribution in [1.29, 1.82) is 0 Å². The van der Waals surface area contributed by atoms with E-state index in [1.165, 1.54) is 11.3 Å². The number of carbonyl (C=O) groups is 2. The average Bonchev–Trinajstić information content (AvgIpc) is 3.41. The van der Waals surface area contributed by atoms with E-state index in [0.29, 0.717) is 12.8 Å². The maximum atomic E-state index is 12.5. The Morgan fingerprint density at radius 3 is 2.32 bits per heavy atom. The van der Waals surface area contributed by atoms with Crippen LogP contribution in [0.5, 0.6) is 0 Å². The topological polar surface area (TPSA) is 78.9 Å². The van der Waals surface area contributed by atoms with Crippen molar-refractivity contribution >= 4 is 17.7 Å². The fraction of sp³-hybridized carbons (Fsp3) is 0.286. The van der Waals surface area contributed by atoms with Crippen LogP contribution in [0.1, 0.15) is 35.4 Å². The predicted molar refractivity (Wildman–Crippen MR) is 131 cm³/mol. The number of benzene rings is 3. The lowest BCUT2D eigenvalue weighted by Gasteiger charge is -2.21. The van der Waals surface area contributed by atoms with Gasteiger partial charge in [0.25, 0.3) is 0 Å². The van der Waals surface area contributed by atoms with E-state index in [9.17, 15) is 14.7 Å². The lowest BCUT2D eigenvalue weighted by Crippen LogP contribution is -2.42. The minimum atomic E-state index is -1.05. The molecular formula is C28H28N2O4. The van der Waals surface area contributed by atoms with Crippen LogP contribution in [0.3, 0.4) is 0 Å². The van der Waals surface area contributed by atoms with Crippen molar-refractivity contribution in [1.82, 2.24) is 5.32 Å². The number of ether oxygens (including phenoxy) is 1. The quantitative estimate of drug-likeness (QED) is 0.508. The van der Waals surface area contributed by atoms with Crippen molar-refractivity contribution in [3.8, 4) is 11.1 Å². The van der Waals surface area contributed by atoms with Gasteiger partial charge in [-0.25, -0.2) is 9.59 Å². The number of nitrogens with zero attached hydrogens (tertiary/aromatic N) is 1. The summed E-state index contributed by atoms with van der Waals surface area (Å²) in [5, 5.41) is 12.2. The van der Waals surface area contributed by atoms with Gasteiger partial charge < -0.3 is 20.1 Å². The van der Waals surface area contributed by atoms with E-state index in [2.05, 4.69) is 46.6 Å². The zero-order valence-electron chi connectivity index (χ0n) is 18.9. The molecule has 0 spiro atoms. The summed E-state index contributed by atoms with van der Waals surface area (Å²) in [7, 11) is 0. The maximum Gasteiger partial charge on any atom is 0.407 e. The first-order valence-electron chi connectivity index (χ1n) is 11.8. The Bertz CT molecular complexity index is 1160. The Balaban J connectivity index is 1.16. The number of fused-ring (bicyclic) bond motifs is 4. The number of carbonyl (C=O) groups excluding carboxylic acids is 1. The van der Waals surface area contributed by atoms with Crippen molar-refractivity contribution < 1.29 is 19.4 Å². The van der Waals surface area contributed by atoms with Gasteiger partial charge in [-0.15, -0.1) is 0 Å². The van der Waals surface area contributed by atoms with Crippen LogP contribution in [0.2, 0.25) is 0 Å². The van der Waals surface area contributed by atoms with Crippen molar-refractivity contribution in [3.05, 3.63) is 89.5 Å². The first-order chi connectivity index (χ1) is 16.6. The predicted octanol–water partition coefficient (Wildman–Crippen LogP) is 4.82. The largest absolute Gasteiger partial charge is 0.480 e. The summed E-state index contributed by atoms with van der Waals surface area (Å²) in [5.41, 5.74) is 7.10. The molecule has 3 aromatic rings. The van der Waals surface area contributed by atoms with Crippen LogP contribution in [0.4, 0.5) is 10.5 Å². The van der Waals surface area contributed by atoms with Crippen LogP contribution in [0.25, 0.3) is 11.1 Å². The van der Waals surface area contributed by atoms with Gasteiger partial charge in [-0.05, 0) is 53.1 Å². The summed E-state index contributed by atoms with van der Waals surface area (Å²) >= 11 is 0. The number of hydrogen-bond acceptors (Lipinski definition) is 4. The summed E-state index contributed by atoms with van der Waals surface area (Å²) in [6.45, 7) is 1.86. The van der Waals surface area contributed by atoms with Crippen molar-refractivity contribution in [2.45, 2.75) is 31.2 Å². The molecule has 174 valence electrons. The summed E-state index contributed by atoms with van der Waals surface area (Å²) in [5.74, 6) is -1.10. The summed E-state index contributed by atoms with van der Waals surface area (Å²) in [6.07, 6.45) is 1.32. The molecule has 6 heteroatoms. The zero-order valence-corrected chi connectivity index (χ0v) is 18.9. The molecule has 5 rings (SSSR count). The van der Waals surface area contributed by atoms with E-state index in [1.807, 2.05) is 36.4 Å². The molecule has 2 N–H and O–H groups in total. The average molecular weight is 457 g/mol. The Hall–Kier alpha value is -3.80. The normalized spacial score (nSPS) is 14.8. The molecule has 1 amide bonds. The van der Waals surface area contributed by atoms with Gasteiger partial charge in [0.2, 0.25) is 0 Å². The van der Waals surface area contributed by atoms with Crippen LogP contribution < -0.4 is 10.2 Å². The monoisotopic (exact) mass is 456 g/mol. The third-order valence-electron chi connectivity index (χ3n) is 6.84. The number of aliphatic carboxylic acids is 1. The van der Waals surface area contributed by atoms with E-state index >= 15 is 0 Å². The number of nitrogens with one attached hydrogen (secondary N) is 1. The number of rotatable bonds is 8. The van der Waals surface area contributed by atoms with Crippen LogP contribution in [-0.4, -0.2) is 42.9 Å². The minimum absolute atomic E-state index is 0.0586. The molecule has 1 aliphatic carbocycles. The number of carboxylic acids is 1. The van der Waals surface area contributed by atoms with Gasteiger partial charge in [0.1, 0.15) is 12.6 Å². The number of hydrogen-bond donors (Lipinski definition) is 2. The summed E-state index contributed by atoms with van der Waals surface area (Å²) in [4.78, 5) is 26.6. The Morgan fingerprint density at radius 2 is 1.62 bits per heavy atom. The molecule has 3 aromatic carbocycles. The molecule has 34 heavy (non-hydrogen) atoms. The lowest BCUT2D eigenvalue weighted by atomic mass is 9.98. The van der Waals surface area contributed by atoms with Gasteiger partial charge in [0.05, 0.1) is 0 Å². The molecule has 0 saturated carbocycles. The minimum Gasteiger partial charge on any atom is -0.480 e. The van der Waals surface area contributed by atoms with Crippen LogP contribution in [0, 0.1) is 0 Å². The van der Waals surface area contributed by atoms with Gasteiger partial charge in [-0.2, -0.15) is 0 Å². The molecule has 0 radical (unpaired) electrons. The highest BCUT2D eigenvalue weighted by molar-refractivity contribution is 5.81. The number of para-hydroxylation sites is 1. The van der Waals surface area contributed by atoms with E-state index in [0.717, 1.165) is 41.8 Å². The zero-order chi connectivity index (χ0) is 23.5. The van der Waals surface area contributed by atoms with Crippen LogP contribution in [0.15, 0.2) is 72.8 Å². The lowest BCUT2D eigenvalue weighted by molar-refractivity contribution is -0.139. The fourth-order valence-corrected chi connectivity index (χ4v) is 5.16. The van der Waals surface area contributed by atoms with E-state index < -0.39 is 18.1 Å². The van der Waals surface area contributed by atoms with E-state index in [1.54, 1.807) is 0 Å². The molecule has 0 saturated heterocycles. The molecule has 1 aliphatic heterocycles. The Kier molecular flexibility index (Phi) is 6.21. The second-order valence-electron chi connectivity index (χ2n) is 8.87. The standard InChI is InChI=1S/C28H28N2O4/c31-27(32)25(13-7-16-30-17-15-19-8-1-6-14-26(19)30)29-28(33)34-18-24-22-11-4-2-9-20(22)21-10-3-5-12-23(21)24/h1-6,8-12,14,24-25H,7,13,15-18H2,(H,29,33)(H,31,32). The highest BCUT2D eigenvalue weighted by Crippen LogP contribution is 2.44. The third kappa shape index (κ3) is 4.36. The molecule has 0 aromatic heterocycles. The molecule has 6 nitrogen and oxygen atoms in total. The first kappa shape index (κ1) is 22.0. The SMILES string of the molecule is O=C(NC(CCCN1CCc2ccccc21)C(=O)O)OCC1c2ccccc2-c2ccccc21. The second kappa shape index (κ2) is 9.59. The number of anilines is 1. The molecular weight excluding hydrogens is 428 g/mol. The van der Waals surface area contributed by atoms with Gasteiger partial charge in [0, 0.05) is 24.7 Å². The third-order valence-corrected chi connectivity index (χ3v) is 6.84. The Morgan fingerprint density at radius 1 is 0.971 bits per heavy atom. The second-order valence-corrected chi connectivity index (χ2v) is 8.87. The van der Waals surface area contributed by atoms with Crippen molar-refractivity contribution in [2.24, 2.45) is 0 Å². The number of alkyl carbamates (subject to hydrolysis) is 1. The Labute approximate surface area is 199 Å². The van der Waals surface area contributed by atoms with Crippen molar-refractivity contribution in [2.75, 3.05) is 24.6 Å².